The highest BCUT2D eigenvalue weighted by Gasteiger charge is 2.23. The van der Waals surface area contributed by atoms with Crippen molar-refractivity contribution in [2.24, 2.45) is 0 Å². The Kier molecular flexibility index (Phi) is 7.05. The van der Waals surface area contributed by atoms with E-state index in [0.29, 0.717) is 5.56 Å². The largest absolute Gasteiger partial charge is 0.462 e. The minimum atomic E-state index is -0.729. The number of furan rings is 1. The van der Waals surface area contributed by atoms with Crippen molar-refractivity contribution in [3.8, 4) is 17.4 Å². The van der Waals surface area contributed by atoms with Crippen molar-refractivity contribution >= 4 is 40.0 Å². The molecule has 1 aromatic carbocycles. The van der Waals surface area contributed by atoms with Crippen molar-refractivity contribution in [1.82, 2.24) is 0 Å². The number of carbonyl (C=O) groups is 2. The molecule has 3 rings (SSSR count). The van der Waals surface area contributed by atoms with Gasteiger partial charge in [0, 0.05) is 17.0 Å². The topological polar surface area (TPSA) is 135 Å². The lowest BCUT2D eigenvalue weighted by Crippen LogP contribution is -2.16. The van der Waals surface area contributed by atoms with E-state index in [1.165, 1.54) is 35.6 Å². The van der Waals surface area contributed by atoms with Gasteiger partial charge >= 0.3 is 5.97 Å². The first kappa shape index (κ1) is 23.4. The second-order valence-electron chi connectivity index (χ2n) is 6.81. The van der Waals surface area contributed by atoms with Crippen LogP contribution in [0.2, 0.25) is 0 Å². The molecule has 3 aromatic rings. The summed E-state index contributed by atoms with van der Waals surface area (Å²) in [5.74, 6) is -0.899. The van der Waals surface area contributed by atoms with Gasteiger partial charge in [-0.15, -0.1) is 11.3 Å². The average molecular weight is 465 g/mol. The zero-order chi connectivity index (χ0) is 24.1. The maximum Gasteiger partial charge on any atom is 0.341 e. The van der Waals surface area contributed by atoms with Crippen molar-refractivity contribution in [3.05, 3.63) is 73.8 Å². The standard InChI is InChI=1S/C23H19N3O6S/c1-4-31-23(28)20-13(2)14(3)33-22(20)25-21(27)15(12-24)11-16-9-10-19(32-16)17-7-5-6-8-18(17)26(29)30/h5-11H,4H2,1-3H3,(H,25,27)/b15-11-. The first-order chi connectivity index (χ1) is 15.8. The molecule has 2 heterocycles. The van der Waals surface area contributed by atoms with Crippen LogP contribution in [0.4, 0.5) is 10.7 Å². The van der Waals surface area contributed by atoms with Gasteiger partial charge in [-0.3, -0.25) is 14.9 Å². The molecule has 0 aliphatic heterocycles. The predicted octanol–water partition coefficient (Wildman–Crippen LogP) is 5.26. The number of hydrogen-bond donors (Lipinski definition) is 1. The molecule has 0 aliphatic rings. The van der Waals surface area contributed by atoms with Crippen LogP contribution < -0.4 is 5.32 Å². The van der Waals surface area contributed by atoms with Gasteiger partial charge in [-0.1, -0.05) is 12.1 Å². The summed E-state index contributed by atoms with van der Waals surface area (Å²) in [6.07, 6.45) is 1.23. The molecule has 0 spiro atoms. The van der Waals surface area contributed by atoms with Crippen LogP contribution in [0.3, 0.4) is 0 Å². The highest BCUT2D eigenvalue weighted by atomic mass is 32.1. The van der Waals surface area contributed by atoms with E-state index in [1.54, 1.807) is 32.0 Å². The van der Waals surface area contributed by atoms with Crippen LogP contribution in [0.1, 0.15) is 33.5 Å². The number of nitro groups is 1. The monoisotopic (exact) mass is 465 g/mol. The summed E-state index contributed by atoms with van der Waals surface area (Å²) in [5, 5.41) is 23.6. The first-order valence-corrected chi connectivity index (χ1v) is 10.6. The summed E-state index contributed by atoms with van der Waals surface area (Å²) in [5.41, 5.74) is 0.819. The number of amides is 1. The van der Waals surface area contributed by atoms with Crippen LogP contribution in [0.25, 0.3) is 17.4 Å². The molecule has 33 heavy (non-hydrogen) atoms. The number of thiophene rings is 1. The van der Waals surface area contributed by atoms with Crippen molar-refractivity contribution < 1.29 is 23.7 Å². The Morgan fingerprint density at radius 1 is 1.27 bits per heavy atom. The smallest absolute Gasteiger partial charge is 0.341 e. The number of ether oxygens (including phenoxy) is 1. The van der Waals surface area contributed by atoms with Crippen LogP contribution >= 0.6 is 11.3 Å². The Balaban J connectivity index is 1.89. The Morgan fingerprint density at radius 2 is 2.00 bits per heavy atom. The van der Waals surface area contributed by atoms with E-state index >= 15 is 0 Å². The molecule has 0 unspecified atom stereocenters. The lowest BCUT2D eigenvalue weighted by molar-refractivity contribution is -0.384. The third-order valence-corrected chi connectivity index (χ3v) is 5.86. The molecule has 2 aromatic heterocycles. The molecule has 0 saturated heterocycles. The van der Waals surface area contributed by atoms with Crippen LogP contribution in [0, 0.1) is 35.3 Å². The maximum atomic E-state index is 12.7. The molecule has 0 saturated carbocycles. The molecular formula is C23H19N3O6S. The average Bonchev–Trinajstić information content (AvgIpc) is 3.36. The summed E-state index contributed by atoms with van der Waals surface area (Å²) in [6, 6.07) is 10.9. The molecule has 10 heteroatoms. The number of anilines is 1. The molecule has 1 N–H and O–H groups in total. The maximum absolute atomic E-state index is 12.7. The van der Waals surface area contributed by atoms with E-state index in [4.69, 9.17) is 9.15 Å². The summed E-state index contributed by atoms with van der Waals surface area (Å²) < 4.78 is 10.7. The zero-order valence-corrected chi connectivity index (χ0v) is 18.8. The van der Waals surface area contributed by atoms with Crippen LogP contribution in [0.5, 0.6) is 0 Å². The Morgan fingerprint density at radius 3 is 2.67 bits per heavy atom. The van der Waals surface area contributed by atoms with Gasteiger partial charge in [-0.25, -0.2) is 4.79 Å². The number of nitro benzene ring substituents is 1. The van der Waals surface area contributed by atoms with E-state index in [-0.39, 0.29) is 45.5 Å². The van der Waals surface area contributed by atoms with Crippen molar-refractivity contribution in [2.45, 2.75) is 20.8 Å². The number of esters is 1. The molecule has 168 valence electrons. The van der Waals surface area contributed by atoms with Crippen molar-refractivity contribution in [3.63, 3.8) is 0 Å². The van der Waals surface area contributed by atoms with Crippen LogP contribution in [0.15, 0.2) is 46.4 Å². The van der Waals surface area contributed by atoms with Gasteiger partial charge in [0.25, 0.3) is 11.6 Å². The van der Waals surface area contributed by atoms with Gasteiger partial charge in [-0.05, 0) is 44.5 Å². The molecular weight excluding hydrogens is 446 g/mol. The summed E-state index contributed by atoms with van der Waals surface area (Å²) >= 11 is 1.21. The van der Waals surface area contributed by atoms with Crippen LogP contribution in [-0.2, 0) is 9.53 Å². The number of nitrogens with zero attached hydrogens (tertiary/aromatic N) is 2. The number of nitriles is 1. The van der Waals surface area contributed by atoms with Crippen molar-refractivity contribution in [1.29, 1.82) is 5.26 Å². The van der Waals surface area contributed by atoms with Gasteiger partial charge in [-0.2, -0.15) is 5.26 Å². The molecule has 9 nitrogen and oxygen atoms in total. The number of benzene rings is 1. The summed E-state index contributed by atoms with van der Waals surface area (Å²) in [6.45, 7) is 5.43. The molecule has 0 radical (unpaired) electrons. The third kappa shape index (κ3) is 4.99. The van der Waals surface area contributed by atoms with E-state index in [1.807, 2.05) is 13.0 Å². The van der Waals surface area contributed by atoms with Crippen LogP contribution in [-0.4, -0.2) is 23.4 Å². The number of rotatable bonds is 7. The predicted molar refractivity (Wildman–Crippen MR) is 123 cm³/mol. The molecule has 1 amide bonds. The number of carbonyl (C=O) groups excluding carboxylic acids is 2. The Bertz CT molecular complexity index is 1310. The second-order valence-corrected chi connectivity index (χ2v) is 8.03. The van der Waals surface area contributed by atoms with E-state index in [0.717, 1.165) is 4.88 Å². The van der Waals surface area contributed by atoms with E-state index < -0.39 is 16.8 Å². The minimum absolute atomic E-state index is 0.129. The SMILES string of the molecule is CCOC(=O)c1c(NC(=O)/C(C#N)=C\c2ccc(-c3ccccc3[N+](=O)[O-])o2)sc(C)c1C. The van der Waals surface area contributed by atoms with Gasteiger partial charge in [0.05, 0.1) is 22.7 Å². The summed E-state index contributed by atoms with van der Waals surface area (Å²) in [4.78, 5) is 36.6. The molecule has 0 aliphatic carbocycles. The highest BCUT2D eigenvalue weighted by molar-refractivity contribution is 7.16. The fourth-order valence-electron chi connectivity index (χ4n) is 3.04. The lowest BCUT2D eigenvalue weighted by Gasteiger charge is -2.06. The highest BCUT2D eigenvalue weighted by Crippen LogP contribution is 2.34. The van der Waals surface area contributed by atoms with Gasteiger partial charge in [0.2, 0.25) is 0 Å². The molecule has 0 atom stereocenters. The lowest BCUT2D eigenvalue weighted by atomic mass is 10.1. The number of hydrogen-bond acceptors (Lipinski definition) is 8. The Hall–Kier alpha value is -4.23. The first-order valence-electron chi connectivity index (χ1n) is 9.80. The summed E-state index contributed by atoms with van der Waals surface area (Å²) in [7, 11) is 0. The van der Waals surface area contributed by atoms with E-state index in [9.17, 15) is 25.0 Å². The molecule has 0 bridgehead atoms. The second kappa shape index (κ2) is 9.93. The number of aryl methyl sites for hydroxylation is 1. The number of nitrogens with one attached hydrogen (secondary N) is 1. The zero-order valence-electron chi connectivity index (χ0n) is 18.0. The molecule has 0 fully saturated rings. The fraction of sp³-hybridized carbons (Fsp3) is 0.174. The van der Waals surface area contributed by atoms with Gasteiger partial charge in [0.1, 0.15) is 28.2 Å². The third-order valence-electron chi connectivity index (χ3n) is 4.74. The Labute approximate surface area is 193 Å². The fourth-order valence-corrected chi connectivity index (χ4v) is 4.09. The van der Waals surface area contributed by atoms with Gasteiger partial charge in [0.15, 0.2) is 0 Å². The van der Waals surface area contributed by atoms with Crippen molar-refractivity contribution in [2.75, 3.05) is 11.9 Å². The minimum Gasteiger partial charge on any atom is -0.462 e. The quantitative estimate of drug-likeness (QED) is 0.165. The normalized spacial score (nSPS) is 11.0. The number of para-hydroxylation sites is 1. The van der Waals surface area contributed by atoms with E-state index in [2.05, 4.69) is 5.32 Å². The van der Waals surface area contributed by atoms with Gasteiger partial charge < -0.3 is 14.5 Å².